The van der Waals surface area contributed by atoms with Crippen molar-refractivity contribution in [3.8, 4) is 0 Å². The highest BCUT2D eigenvalue weighted by molar-refractivity contribution is 6.35. The Bertz CT molecular complexity index is 781. The van der Waals surface area contributed by atoms with Crippen LogP contribution in [0.2, 0.25) is 5.15 Å². The molecular weight excluding hydrogens is 275 g/mol. The van der Waals surface area contributed by atoms with Crippen LogP contribution in [0.25, 0.3) is 21.5 Å². The van der Waals surface area contributed by atoms with Crippen LogP contribution in [0.5, 0.6) is 0 Å². The van der Waals surface area contributed by atoms with E-state index in [4.69, 9.17) is 11.6 Å². The molecule has 3 rings (SSSR count). The largest absolute Gasteiger partial charge is 0.416 e. The molecule has 0 saturated carbocycles. The Kier molecular flexibility index (Phi) is 2.64. The molecular formula is C14H7ClF3N. The molecule has 0 amide bonds. The Morgan fingerprint density at radius 3 is 2.37 bits per heavy atom. The van der Waals surface area contributed by atoms with Crippen molar-refractivity contribution in [2.45, 2.75) is 6.18 Å². The maximum Gasteiger partial charge on any atom is 0.416 e. The number of fused-ring (bicyclic) bond motifs is 3. The molecule has 3 aromatic rings. The molecule has 0 aliphatic heterocycles. The highest BCUT2D eigenvalue weighted by atomic mass is 35.5. The summed E-state index contributed by atoms with van der Waals surface area (Å²) in [5.74, 6) is 0. The smallest absolute Gasteiger partial charge is 0.244 e. The summed E-state index contributed by atoms with van der Waals surface area (Å²) in [7, 11) is 0. The molecule has 0 atom stereocenters. The van der Waals surface area contributed by atoms with Gasteiger partial charge in [-0.25, -0.2) is 4.98 Å². The zero-order chi connectivity index (χ0) is 13.6. The third-order valence-corrected chi connectivity index (χ3v) is 3.34. The van der Waals surface area contributed by atoms with E-state index < -0.39 is 11.7 Å². The summed E-state index contributed by atoms with van der Waals surface area (Å²) in [6.45, 7) is 0. The summed E-state index contributed by atoms with van der Waals surface area (Å²) in [6, 6.07) is 8.87. The predicted octanol–water partition coefficient (Wildman–Crippen LogP) is 5.06. The normalized spacial score (nSPS) is 12.2. The zero-order valence-corrected chi connectivity index (χ0v) is 10.3. The first-order chi connectivity index (χ1) is 8.97. The van der Waals surface area contributed by atoms with Crippen molar-refractivity contribution in [2.75, 3.05) is 0 Å². The van der Waals surface area contributed by atoms with Gasteiger partial charge in [0.05, 0.1) is 5.56 Å². The summed E-state index contributed by atoms with van der Waals surface area (Å²) in [5, 5.41) is 2.87. The van der Waals surface area contributed by atoms with Crippen molar-refractivity contribution in [2.24, 2.45) is 0 Å². The predicted molar refractivity (Wildman–Crippen MR) is 69.3 cm³/mol. The Morgan fingerprint density at radius 2 is 1.63 bits per heavy atom. The van der Waals surface area contributed by atoms with Crippen molar-refractivity contribution in [3.05, 3.63) is 53.3 Å². The summed E-state index contributed by atoms with van der Waals surface area (Å²) in [5.41, 5.74) is -0.666. The van der Waals surface area contributed by atoms with Crippen LogP contribution in [-0.4, -0.2) is 4.98 Å². The average Bonchev–Trinajstić information content (AvgIpc) is 2.37. The van der Waals surface area contributed by atoms with Crippen LogP contribution >= 0.6 is 11.6 Å². The van der Waals surface area contributed by atoms with Crippen LogP contribution in [-0.2, 0) is 6.18 Å². The van der Waals surface area contributed by atoms with Gasteiger partial charge in [-0.2, -0.15) is 13.2 Å². The molecule has 0 radical (unpaired) electrons. The lowest BCUT2D eigenvalue weighted by molar-refractivity contribution is -0.137. The molecule has 96 valence electrons. The fraction of sp³-hybridized carbons (Fsp3) is 0.0714. The Labute approximate surface area is 111 Å². The molecule has 1 heterocycles. The van der Waals surface area contributed by atoms with Crippen molar-refractivity contribution in [1.29, 1.82) is 0 Å². The number of halogens is 4. The number of pyridine rings is 1. The van der Waals surface area contributed by atoms with E-state index in [1.165, 1.54) is 12.3 Å². The van der Waals surface area contributed by atoms with Crippen molar-refractivity contribution in [1.82, 2.24) is 4.98 Å². The minimum absolute atomic E-state index is 0.289. The Balaban J connectivity index is 2.43. The molecule has 5 heteroatoms. The van der Waals surface area contributed by atoms with E-state index in [1.54, 1.807) is 18.2 Å². The van der Waals surface area contributed by atoms with E-state index in [0.717, 1.165) is 17.5 Å². The van der Waals surface area contributed by atoms with Crippen molar-refractivity contribution >= 4 is 33.1 Å². The highest BCUT2D eigenvalue weighted by Gasteiger charge is 2.30. The number of alkyl halides is 3. The second-order valence-corrected chi connectivity index (χ2v) is 4.55. The second-order valence-electron chi connectivity index (χ2n) is 4.20. The van der Waals surface area contributed by atoms with Crippen LogP contribution in [0.15, 0.2) is 42.6 Å². The number of hydrogen-bond acceptors (Lipinski definition) is 1. The van der Waals surface area contributed by atoms with Gasteiger partial charge in [0.25, 0.3) is 0 Å². The van der Waals surface area contributed by atoms with Crippen LogP contribution in [0.4, 0.5) is 13.2 Å². The molecule has 2 aromatic carbocycles. The molecule has 0 spiro atoms. The fourth-order valence-corrected chi connectivity index (χ4v) is 2.35. The van der Waals surface area contributed by atoms with Crippen molar-refractivity contribution < 1.29 is 13.2 Å². The van der Waals surface area contributed by atoms with Gasteiger partial charge in [-0.3, -0.25) is 0 Å². The number of benzene rings is 2. The molecule has 1 aromatic heterocycles. The van der Waals surface area contributed by atoms with E-state index >= 15 is 0 Å². The highest BCUT2D eigenvalue weighted by Crippen LogP contribution is 2.34. The molecule has 0 unspecified atom stereocenters. The lowest BCUT2D eigenvalue weighted by atomic mass is 10.0. The Hall–Kier alpha value is -1.81. The van der Waals surface area contributed by atoms with Crippen LogP contribution < -0.4 is 0 Å². The third-order valence-electron chi connectivity index (χ3n) is 3.04. The number of rotatable bonds is 0. The van der Waals surface area contributed by atoms with Gasteiger partial charge < -0.3 is 0 Å². The van der Waals surface area contributed by atoms with Gasteiger partial charge in [0, 0.05) is 11.6 Å². The first kappa shape index (κ1) is 12.2. The van der Waals surface area contributed by atoms with Gasteiger partial charge in [0.15, 0.2) is 0 Å². The molecule has 0 fully saturated rings. The third kappa shape index (κ3) is 2.02. The number of aromatic nitrogens is 1. The van der Waals surface area contributed by atoms with Gasteiger partial charge in [0.1, 0.15) is 5.15 Å². The zero-order valence-electron chi connectivity index (χ0n) is 9.50. The average molecular weight is 282 g/mol. The summed E-state index contributed by atoms with van der Waals surface area (Å²) < 4.78 is 38.3. The molecule has 0 saturated heterocycles. The minimum Gasteiger partial charge on any atom is -0.244 e. The van der Waals surface area contributed by atoms with E-state index in [1.807, 2.05) is 0 Å². The van der Waals surface area contributed by atoms with Crippen LogP contribution in [0.3, 0.4) is 0 Å². The number of hydrogen-bond donors (Lipinski definition) is 0. The van der Waals surface area contributed by atoms with E-state index in [-0.39, 0.29) is 5.15 Å². The molecule has 0 aliphatic carbocycles. The van der Waals surface area contributed by atoms with E-state index in [2.05, 4.69) is 4.98 Å². The summed E-state index contributed by atoms with van der Waals surface area (Å²) in [6.07, 6.45) is -2.86. The van der Waals surface area contributed by atoms with E-state index in [9.17, 15) is 13.2 Å². The molecule has 0 bridgehead atoms. The standard InChI is InChI=1S/C14H7ClF3N/c15-13-11-4-2-8-1-3-9(14(16,17)18)7-12(8)10(11)5-6-19-13/h1-7H. The van der Waals surface area contributed by atoms with Gasteiger partial charge in [-0.1, -0.05) is 29.8 Å². The monoisotopic (exact) mass is 281 g/mol. The SMILES string of the molecule is FC(F)(F)c1ccc2ccc3c(Cl)nccc3c2c1. The maximum absolute atomic E-state index is 12.8. The first-order valence-corrected chi connectivity index (χ1v) is 5.89. The minimum atomic E-state index is -4.35. The van der Waals surface area contributed by atoms with Crippen molar-refractivity contribution in [3.63, 3.8) is 0 Å². The lowest BCUT2D eigenvalue weighted by Crippen LogP contribution is -2.04. The lowest BCUT2D eigenvalue weighted by Gasteiger charge is -2.09. The molecule has 0 N–H and O–H groups in total. The topological polar surface area (TPSA) is 12.9 Å². The van der Waals surface area contributed by atoms with Gasteiger partial charge in [-0.15, -0.1) is 0 Å². The van der Waals surface area contributed by atoms with Crippen LogP contribution in [0, 0.1) is 0 Å². The Morgan fingerprint density at radius 1 is 0.895 bits per heavy atom. The fourth-order valence-electron chi connectivity index (χ4n) is 2.13. The maximum atomic E-state index is 12.8. The molecule has 19 heavy (non-hydrogen) atoms. The van der Waals surface area contributed by atoms with Gasteiger partial charge in [0.2, 0.25) is 0 Å². The van der Waals surface area contributed by atoms with E-state index in [0.29, 0.717) is 16.2 Å². The first-order valence-electron chi connectivity index (χ1n) is 5.51. The van der Waals surface area contributed by atoms with Gasteiger partial charge in [-0.05, 0) is 34.4 Å². The number of nitrogens with zero attached hydrogens (tertiary/aromatic N) is 1. The summed E-state index contributed by atoms with van der Waals surface area (Å²) in [4.78, 5) is 3.93. The van der Waals surface area contributed by atoms with Gasteiger partial charge >= 0.3 is 6.18 Å². The second kappa shape index (κ2) is 4.10. The molecule has 1 nitrogen and oxygen atoms in total. The quantitative estimate of drug-likeness (QED) is 0.414. The summed E-state index contributed by atoms with van der Waals surface area (Å²) >= 11 is 5.95. The molecule has 0 aliphatic rings. The van der Waals surface area contributed by atoms with Crippen LogP contribution in [0.1, 0.15) is 5.56 Å².